The van der Waals surface area contributed by atoms with E-state index in [-0.39, 0.29) is 10.9 Å². The van der Waals surface area contributed by atoms with Crippen molar-refractivity contribution in [1.82, 2.24) is 14.3 Å². The van der Waals surface area contributed by atoms with Gasteiger partial charge in [-0.2, -0.15) is 0 Å². The molecule has 3 aromatic rings. The smallest absolute Gasteiger partial charge is 0.408 e. The molecule has 1 unspecified atom stereocenters. The molecule has 2 heterocycles. The summed E-state index contributed by atoms with van der Waals surface area (Å²) in [6, 6.07) is 3.94. The maximum absolute atomic E-state index is 12.6. The number of sulfonamides is 1. The zero-order valence-corrected chi connectivity index (χ0v) is 14.1. The fourth-order valence-electron chi connectivity index (χ4n) is 2.24. The highest BCUT2D eigenvalue weighted by atomic mass is 32.2. The van der Waals surface area contributed by atoms with Gasteiger partial charge in [-0.1, -0.05) is 6.92 Å². The number of fused-ring (bicyclic) bond motifs is 1. The number of benzene rings is 1. The van der Waals surface area contributed by atoms with Crippen molar-refractivity contribution in [3.8, 4) is 0 Å². The molecule has 0 aliphatic carbocycles. The number of nitrogens with zero attached hydrogens (tertiary/aromatic N) is 2. The molecule has 0 aliphatic heterocycles. The second-order valence-electron chi connectivity index (χ2n) is 5.01. The third-order valence-electron chi connectivity index (χ3n) is 3.53. The van der Waals surface area contributed by atoms with Crippen LogP contribution in [0.3, 0.4) is 0 Å². The van der Waals surface area contributed by atoms with Gasteiger partial charge in [0.05, 0.1) is 16.5 Å². The van der Waals surface area contributed by atoms with Crippen LogP contribution in [-0.2, 0) is 17.1 Å². The highest BCUT2D eigenvalue weighted by Crippen LogP contribution is 2.23. The average molecular weight is 353 g/mol. The highest BCUT2D eigenvalue weighted by molar-refractivity contribution is 7.89. The topological polar surface area (TPSA) is 94.2 Å². The molecule has 1 N–H and O–H groups in total. The summed E-state index contributed by atoms with van der Waals surface area (Å²) >= 11 is 1.40. The Morgan fingerprint density at radius 3 is 2.87 bits per heavy atom. The van der Waals surface area contributed by atoms with Gasteiger partial charge in [0.1, 0.15) is 5.01 Å². The molecule has 1 atom stereocenters. The van der Waals surface area contributed by atoms with Gasteiger partial charge in [0.15, 0.2) is 5.58 Å². The normalized spacial score (nSPS) is 13.5. The first-order chi connectivity index (χ1) is 10.9. The SMILES string of the molecule is CCC(NS(=O)(=O)c1ccc2oc(=O)n(C)c2c1)c1nccs1. The first kappa shape index (κ1) is 15.9. The first-order valence-electron chi connectivity index (χ1n) is 6.93. The van der Waals surface area contributed by atoms with E-state index in [1.54, 1.807) is 11.6 Å². The van der Waals surface area contributed by atoms with E-state index in [2.05, 4.69) is 9.71 Å². The van der Waals surface area contributed by atoms with Crippen molar-refractivity contribution in [3.63, 3.8) is 0 Å². The van der Waals surface area contributed by atoms with Crippen LogP contribution in [0.25, 0.3) is 11.1 Å². The summed E-state index contributed by atoms with van der Waals surface area (Å²) < 4.78 is 34.1. The van der Waals surface area contributed by atoms with Crippen molar-refractivity contribution in [3.05, 3.63) is 45.3 Å². The molecule has 0 bridgehead atoms. The van der Waals surface area contributed by atoms with Crippen LogP contribution >= 0.6 is 11.3 Å². The summed E-state index contributed by atoms with van der Waals surface area (Å²) in [4.78, 5) is 15.7. The van der Waals surface area contributed by atoms with Gasteiger partial charge in [-0.3, -0.25) is 4.57 Å². The number of thiazole rings is 1. The van der Waals surface area contributed by atoms with Gasteiger partial charge in [0.2, 0.25) is 10.0 Å². The first-order valence-corrected chi connectivity index (χ1v) is 9.30. The molecule has 1 aromatic carbocycles. The molecular formula is C14H15N3O4S2. The molecule has 0 amide bonds. The van der Waals surface area contributed by atoms with E-state index in [1.807, 2.05) is 6.92 Å². The largest absolute Gasteiger partial charge is 0.419 e. The Morgan fingerprint density at radius 2 is 2.22 bits per heavy atom. The zero-order valence-electron chi connectivity index (χ0n) is 12.5. The number of nitrogens with one attached hydrogen (secondary N) is 1. The Kier molecular flexibility index (Phi) is 4.09. The van der Waals surface area contributed by atoms with Crippen molar-refractivity contribution < 1.29 is 12.8 Å². The molecule has 0 saturated heterocycles. The molecule has 0 fully saturated rings. The summed E-state index contributed by atoms with van der Waals surface area (Å²) in [6.07, 6.45) is 2.23. The molecule has 2 aromatic heterocycles. The highest BCUT2D eigenvalue weighted by Gasteiger charge is 2.23. The minimum absolute atomic E-state index is 0.0800. The van der Waals surface area contributed by atoms with Crippen LogP contribution in [-0.4, -0.2) is 18.0 Å². The number of aromatic nitrogens is 2. The molecule has 3 rings (SSSR count). The van der Waals surface area contributed by atoms with Gasteiger partial charge in [-0.25, -0.2) is 22.9 Å². The van der Waals surface area contributed by atoms with Gasteiger partial charge in [-0.05, 0) is 24.6 Å². The lowest BCUT2D eigenvalue weighted by Gasteiger charge is -2.14. The summed E-state index contributed by atoms with van der Waals surface area (Å²) in [5.74, 6) is -0.531. The Morgan fingerprint density at radius 1 is 1.43 bits per heavy atom. The number of oxazole rings is 1. The molecule has 0 spiro atoms. The second kappa shape index (κ2) is 5.91. The summed E-state index contributed by atoms with van der Waals surface area (Å²) in [5.41, 5.74) is 0.781. The molecule has 0 aliphatic rings. The van der Waals surface area contributed by atoms with Crippen molar-refractivity contribution in [2.75, 3.05) is 0 Å². The predicted octanol–water partition coefficient (Wildman–Crippen LogP) is 2.02. The van der Waals surface area contributed by atoms with Crippen LogP contribution in [0, 0.1) is 0 Å². The van der Waals surface area contributed by atoms with Crippen molar-refractivity contribution in [2.45, 2.75) is 24.3 Å². The third kappa shape index (κ3) is 2.94. The van der Waals surface area contributed by atoms with Crippen LogP contribution in [0.2, 0.25) is 0 Å². The van der Waals surface area contributed by atoms with Gasteiger partial charge < -0.3 is 4.42 Å². The van der Waals surface area contributed by atoms with Crippen LogP contribution in [0.15, 0.2) is 43.9 Å². The van der Waals surface area contributed by atoms with Gasteiger partial charge in [-0.15, -0.1) is 11.3 Å². The Balaban J connectivity index is 1.99. The number of aryl methyl sites for hydroxylation is 1. The van der Waals surface area contributed by atoms with Gasteiger partial charge in [0.25, 0.3) is 0 Å². The van der Waals surface area contributed by atoms with Crippen LogP contribution in [0.5, 0.6) is 0 Å². The fourth-order valence-corrected chi connectivity index (χ4v) is 4.39. The van der Waals surface area contributed by atoms with Crippen LogP contribution < -0.4 is 10.5 Å². The minimum atomic E-state index is -3.74. The van der Waals surface area contributed by atoms with E-state index in [9.17, 15) is 13.2 Å². The zero-order chi connectivity index (χ0) is 16.6. The lowest BCUT2D eigenvalue weighted by molar-refractivity contribution is 0.528. The third-order valence-corrected chi connectivity index (χ3v) is 5.89. The molecular weight excluding hydrogens is 338 g/mol. The van der Waals surface area contributed by atoms with Crippen LogP contribution in [0.1, 0.15) is 24.4 Å². The van der Waals surface area contributed by atoms with E-state index in [0.717, 1.165) is 0 Å². The second-order valence-corrected chi connectivity index (χ2v) is 7.65. The van der Waals surface area contributed by atoms with E-state index in [1.165, 1.54) is 41.2 Å². The molecule has 0 saturated carbocycles. The molecule has 122 valence electrons. The molecule has 0 radical (unpaired) electrons. The van der Waals surface area contributed by atoms with Gasteiger partial charge >= 0.3 is 5.76 Å². The lowest BCUT2D eigenvalue weighted by atomic mass is 10.3. The Labute approximate surface area is 136 Å². The summed E-state index contributed by atoms with van der Waals surface area (Å²) in [6.45, 7) is 1.89. The molecule has 7 nitrogen and oxygen atoms in total. The van der Waals surface area contributed by atoms with E-state index in [0.29, 0.717) is 22.5 Å². The van der Waals surface area contributed by atoms with E-state index in [4.69, 9.17) is 4.42 Å². The number of hydrogen-bond donors (Lipinski definition) is 1. The monoisotopic (exact) mass is 353 g/mol. The van der Waals surface area contributed by atoms with E-state index < -0.39 is 15.8 Å². The van der Waals surface area contributed by atoms with Crippen LogP contribution in [0.4, 0.5) is 0 Å². The fraction of sp³-hybridized carbons (Fsp3) is 0.286. The quantitative estimate of drug-likeness (QED) is 0.757. The predicted molar refractivity (Wildman–Crippen MR) is 86.9 cm³/mol. The summed E-state index contributed by atoms with van der Waals surface area (Å²) in [5, 5.41) is 2.52. The maximum Gasteiger partial charge on any atom is 0.419 e. The van der Waals surface area contributed by atoms with E-state index >= 15 is 0 Å². The maximum atomic E-state index is 12.6. The number of hydrogen-bond acceptors (Lipinski definition) is 6. The summed E-state index contributed by atoms with van der Waals surface area (Å²) in [7, 11) is -2.21. The minimum Gasteiger partial charge on any atom is -0.408 e. The van der Waals surface area contributed by atoms with Crippen molar-refractivity contribution in [1.29, 1.82) is 0 Å². The Hall–Kier alpha value is -1.97. The number of rotatable bonds is 5. The Bertz CT molecular complexity index is 987. The van der Waals surface area contributed by atoms with Gasteiger partial charge in [0, 0.05) is 18.6 Å². The van der Waals surface area contributed by atoms with Crippen molar-refractivity contribution in [2.24, 2.45) is 7.05 Å². The average Bonchev–Trinajstić information content (AvgIpc) is 3.14. The standard InChI is InChI=1S/C14H15N3O4S2/c1-3-10(13-15-6-7-22-13)16-23(19,20)9-4-5-12-11(8-9)17(2)14(18)21-12/h4-8,10,16H,3H2,1-2H3. The molecule has 9 heteroatoms. The van der Waals surface area contributed by atoms with Crippen molar-refractivity contribution >= 4 is 32.5 Å². The molecule has 23 heavy (non-hydrogen) atoms. The lowest BCUT2D eigenvalue weighted by Crippen LogP contribution is -2.28.